The van der Waals surface area contributed by atoms with Crippen LogP contribution in [0.2, 0.25) is 0 Å². The van der Waals surface area contributed by atoms with Crippen molar-refractivity contribution in [1.29, 1.82) is 0 Å². The molecular formula is C24H24N4OS. The van der Waals surface area contributed by atoms with E-state index < -0.39 is 11.2 Å². The molecule has 1 N–H and O–H groups in total. The summed E-state index contributed by atoms with van der Waals surface area (Å²) in [5.74, 6) is 0.655. The number of piperidine rings is 1. The highest BCUT2D eigenvalue weighted by molar-refractivity contribution is 7.90. The van der Waals surface area contributed by atoms with Gasteiger partial charge in [-0.25, -0.2) is 9.50 Å². The Kier molecular flexibility index (Phi) is 5.29. The first-order valence-corrected chi connectivity index (χ1v) is 11.8. The van der Waals surface area contributed by atoms with E-state index in [2.05, 4.69) is 34.7 Å². The van der Waals surface area contributed by atoms with Crippen molar-refractivity contribution < 1.29 is 4.55 Å². The van der Waals surface area contributed by atoms with Gasteiger partial charge in [-0.3, -0.25) is 0 Å². The second-order valence-electron chi connectivity index (χ2n) is 7.80. The van der Waals surface area contributed by atoms with E-state index in [-0.39, 0.29) is 0 Å². The lowest BCUT2D eigenvalue weighted by Crippen LogP contribution is -2.26. The lowest BCUT2D eigenvalue weighted by atomic mass is 9.89. The molecule has 2 aromatic heterocycles. The number of nitrogens with zero attached hydrogens (tertiary/aromatic N) is 3. The minimum absolute atomic E-state index is 0.655. The largest absolute Gasteiger partial charge is 0.612 e. The Hall–Kier alpha value is -2.67. The van der Waals surface area contributed by atoms with Crippen LogP contribution in [0.15, 0.2) is 72.0 Å². The lowest BCUT2D eigenvalue weighted by molar-refractivity contribution is 0.460. The summed E-state index contributed by atoms with van der Waals surface area (Å²) in [6.07, 6.45) is 9.85. The van der Waals surface area contributed by atoms with Crippen molar-refractivity contribution in [2.45, 2.75) is 23.7 Å². The highest BCUT2D eigenvalue weighted by atomic mass is 32.2. The van der Waals surface area contributed by atoms with E-state index in [1.807, 2.05) is 47.4 Å². The molecule has 0 spiro atoms. The summed E-state index contributed by atoms with van der Waals surface area (Å²) in [5, 5.41) is 7.95. The van der Waals surface area contributed by atoms with Crippen LogP contribution in [0.3, 0.4) is 0 Å². The van der Waals surface area contributed by atoms with E-state index in [0.717, 1.165) is 45.9 Å². The summed E-state index contributed by atoms with van der Waals surface area (Å²) in [4.78, 5) is 5.50. The van der Waals surface area contributed by atoms with Crippen LogP contribution in [0.4, 0.5) is 0 Å². The number of aromatic nitrogens is 3. The molecule has 1 aliphatic rings. The minimum atomic E-state index is -1.02. The SMILES string of the molecule is C[S+]([O-])c1cccc(-c2cnn3cc(-c4ccc(C5CCNCC5)cc4)cnc23)c1. The average molecular weight is 417 g/mol. The van der Waals surface area contributed by atoms with Crippen LogP contribution in [0, 0.1) is 0 Å². The monoisotopic (exact) mass is 416 g/mol. The van der Waals surface area contributed by atoms with Gasteiger partial charge in [0.1, 0.15) is 6.26 Å². The normalized spacial score (nSPS) is 16.1. The maximum Gasteiger partial charge on any atom is 0.162 e. The van der Waals surface area contributed by atoms with Gasteiger partial charge in [0.15, 0.2) is 10.5 Å². The molecule has 0 aliphatic carbocycles. The van der Waals surface area contributed by atoms with Gasteiger partial charge in [-0.1, -0.05) is 36.4 Å². The molecule has 30 heavy (non-hydrogen) atoms. The first kappa shape index (κ1) is 19.3. The fraction of sp³-hybridized carbons (Fsp3) is 0.250. The van der Waals surface area contributed by atoms with Gasteiger partial charge in [-0.2, -0.15) is 5.10 Å². The molecule has 0 radical (unpaired) electrons. The Morgan fingerprint density at radius 3 is 2.57 bits per heavy atom. The predicted octanol–water partition coefficient (Wildman–Crippen LogP) is 4.27. The van der Waals surface area contributed by atoms with Gasteiger partial charge in [0, 0.05) is 29.6 Å². The molecule has 0 saturated carbocycles. The zero-order chi connectivity index (χ0) is 20.5. The van der Waals surface area contributed by atoms with Gasteiger partial charge in [-0.05, 0) is 65.8 Å². The van der Waals surface area contributed by atoms with Crippen LogP contribution >= 0.6 is 0 Å². The van der Waals surface area contributed by atoms with E-state index in [1.54, 1.807) is 6.26 Å². The second-order valence-corrected chi connectivity index (χ2v) is 9.18. The van der Waals surface area contributed by atoms with Crippen molar-refractivity contribution in [3.05, 3.63) is 72.7 Å². The molecule has 0 amide bonds. The Morgan fingerprint density at radius 2 is 1.80 bits per heavy atom. The lowest BCUT2D eigenvalue weighted by Gasteiger charge is -2.23. The van der Waals surface area contributed by atoms with Crippen LogP contribution in [0.5, 0.6) is 0 Å². The molecule has 3 heterocycles. The molecule has 1 atom stereocenters. The van der Waals surface area contributed by atoms with Crippen molar-refractivity contribution in [2.24, 2.45) is 0 Å². The first-order chi connectivity index (χ1) is 14.7. The number of nitrogens with one attached hydrogen (secondary N) is 1. The Morgan fingerprint density at radius 1 is 1.00 bits per heavy atom. The molecule has 1 fully saturated rings. The van der Waals surface area contributed by atoms with Gasteiger partial charge in [0.05, 0.1) is 6.20 Å². The number of rotatable bonds is 4. The summed E-state index contributed by atoms with van der Waals surface area (Å²) < 4.78 is 13.6. The summed E-state index contributed by atoms with van der Waals surface area (Å²) in [7, 11) is 0. The van der Waals surface area contributed by atoms with Crippen LogP contribution < -0.4 is 5.32 Å². The highest BCUT2D eigenvalue weighted by Crippen LogP contribution is 2.29. The van der Waals surface area contributed by atoms with Crippen molar-refractivity contribution in [2.75, 3.05) is 19.3 Å². The Balaban J connectivity index is 1.44. The third-order valence-electron chi connectivity index (χ3n) is 5.89. The number of benzene rings is 2. The van der Waals surface area contributed by atoms with E-state index in [4.69, 9.17) is 4.98 Å². The molecule has 152 valence electrons. The molecule has 5 rings (SSSR count). The fourth-order valence-corrected chi connectivity index (χ4v) is 4.74. The number of hydrogen-bond acceptors (Lipinski definition) is 4. The van der Waals surface area contributed by atoms with Crippen LogP contribution in [0.25, 0.3) is 27.9 Å². The number of fused-ring (bicyclic) bond motifs is 1. The zero-order valence-corrected chi connectivity index (χ0v) is 17.7. The maximum absolute atomic E-state index is 11.8. The van der Waals surface area contributed by atoms with Gasteiger partial charge in [0.25, 0.3) is 0 Å². The van der Waals surface area contributed by atoms with E-state index in [9.17, 15) is 4.55 Å². The van der Waals surface area contributed by atoms with Crippen LogP contribution in [0.1, 0.15) is 24.3 Å². The standard InChI is InChI=1S/C24H24N4OS/c1-30(29)22-4-2-3-20(13-22)23-15-27-28-16-21(14-26-24(23)28)18-7-5-17(6-8-18)19-9-11-25-12-10-19/h2-8,13-16,19,25H,9-12H2,1H3. The van der Waals surface area contributed by atoms with Gasteiger partial charge >= 0.3 is 0 Å². The van der Waals surface area contributed by atoms with E-state index >= 15 is 0 Å². The molecule has 2 aromatic carbocycles. The third-order valence-corrected chi connectivity index (χ3v) is 6.81. The van der Waals surface area contributed by atoms with Crippen molar-refractivity contribution in [1.82, 2.24) is 19.9 Å². The quantitative estimate of drug-likeness (QED) is 0.505. The number of hydrogen-bond donors (Lipinski definition) is 1. The molecule has 1 saturated heterocycles. The third kappa shape index (κ3) is 3.74. The van der Waals surface area contributed by atoms with Crippen molar-refractivity contribution >= 4 is 16.8 Å². The predicted molar refractivity (Wildman–Crippen MR) is 121 cm³/mol. The summed E-state index contributed by atoms with van der Waals surface area (Å²) >= 11 is -1.02. The topological polar surface area (TPSA) is 65.3 Å². The van der Waals surface area contributed by atoms with Gasteiger partial charge in [-0.15, -0.1) is 0 Å². The fourth-order valence-electron chi connectivity index (χ4n) is 4.17. The molecule has 4 aromatic rings. The second kappa shape index (κ2) is 8.22. The van der Waals surface area contributed by atoms with E-state index in [1.165, 1.54) is 18.4 Å². The Bertz CT molecular complexity index is 1160. The molecule has 1 aliphatic heterocycles. The minimum Gasteiger partial charge on any atom is -0.612 e. The smallest absolute Gasteiger partial charge is 0.162 e. The summed E-state index contributed by atoms with van der Waals surface area (Å²) in [6, 6.07) is 16.6. The van der Waals surface area contributed by atoms with Crippen LogP contribution in [-0.4, -0.2) is 38.5 Å². The van der Waals surface area contributed by atoms with Gasteiger partial charge in [0.2, 0.25) is 0 Å². The Labute approximate surface area is 179 Å². The molecule has 6 heteroatoms. The van der Waals surface area contributed by atoms with Crippen molar-refractivity contribution in [3.63, 3.8) is 0 Å². The molecule has 5 nitrogen and oxygen atoms in total. The van der Waals surface area contributed by atoms with Gasteiger partial charge < -0.3 is 9.87 Å². The highest BCUT2D eigenvalue weighted by Gasteiger charge is 2.16. The molecule has 0 bridgehead atoms. The summed E-state index contributed by atoms with van der Waals surface area (Å²) in [5.41, 5.74) is 6.31. The van der Waals surface area contributed by atoms with Crippen LogP contribution in [-0.2, 0) is 11.2 Å². The molecule has 1 unspecified atom stereocenters. The maximum atomic E-state index is 11.8. The zero-order valence-electron chi connectivity index (χ0n) is 16.9. The first-order valence-electron chi connectivity index (χ1n) is 10.3. The summed E-state index contributed by atoms with van der Waals surface area (Å²) in [6.45, 7) is 2.21. The van der Waals surface area contributed by atoms with Crippen molar-refractivity contribution in [3.8, 4) is 22.3 Å². The average Bonchev–Trinajstić information content (AvgIpc) is 3.23. The van der Waals surface area contributed by atoms with E-state index in [0.29, 0.717) is 5.92 Å². The molecular weight excluding hydrogens is 392 g/mol.